The van der Waals surface area contributed by atoms with Crippen LogP contribution in [0.5, 0.6) is 0 Å². The molecule has 1 fully saturated rings. The summed E-state index contributed by atoms with van der Waals surface area (Å²) in [7, 11) is 2.12. The van der Waals surface area contributed by atoms with Crippen LogP contribution in [0.2, 0.25) is 0 Å². The quantitative estimate of drug-likeness (QED) is 0.766. The first-order valence-corrected chi connectivity index (χ1v) is 6.55. The lowest BCUT2D eigenvalue weighted by molar-refractivity contribution is 0.0685. The minimum absolute atomic E-state index is 0.717. The number of nitrogens with zero attached hydrogens (tertiary/aromatic N) is 1. The summed E-state index contributed by atoms with van der Waals surface area (Å²) in [5, 5.41) is 0. The first-order valence-electron chi connectivity index (χ1n) is 6.55. The summed E-state index contributed by atoms with van der Waals surface area (Å²) in [5.41, 5.74) is 3.12. The predicted molar refractivity (Wildman–Crippen MR) is 73.4 cm³/mol. The second-order valence-electron chi connectivity index (χ2n) is 5.10. The molecule has 98 valence electrons. The highest BCUT2D eigenvalue weighted by Gasteiger charge is 2.16. The molecule has 0 atom stereocenters. The van der Waals surface area contributed by atoms with Gasteiger partial charge in [-0.05, 0) is 49.4 Å². The topological polar surface area (TPSA) is 29.5 Å². The molecule has 0 aromatic heterocycles. The molecular formula is C15H21NO2. The Balaban J connectivity index is 2.03. The normalized spacial score (nSPS) is 16.6. The van der Waals surface area contributed by atoms with Gasteiger partial charge in [-0.15, -0.1) is 0 Å². The van der Waals surface area contributed by atoms with Gasteiger partial charge in [0, 0.05) is 38.1 Å². The van der Waals surface area contributed by atoms with E-state index in [1.807, 2.05) is 18.2 Å². The summed E-state index contributed by atoms with van der Waals surface area (Å²) in [6.45, 7) is 4.90. The van der Waals surface area contributed by atoms with Gasteiger partial charge in [0.15, 0.2) is 0 Å². The van der Waals surface area contributed by atoms with E-state index in [1.165, 1.54) is 5.69 Å². The molecule has 0 N–H and O–H groups in total. The summed E-state index contributed by atoms with van der Waals surface area (Å²) in [4.78, 5) is 13.0. The largest absolute Gasteiger partial charge is 0.381 e. The van der Waals surface area contributed by atoms with Gasteiger partial charge in [0.25, 0.3) is 0 Å². The summed E-state index contributed by atoms with van der Waals surface area (Å²) in [5.74, 6) is 0.717. The molecule has 18 heavy (non-hydrogen) atoms. The molecular weight excluding hydrogens is 226 g/mol. The molecule has 3 heteroatoms. The Kier molecular flexibility index (Phi) is 4.37. The lowest BCUT2D eigenvalue weighted by atomic mass is 9.99. The highest BCUT2D eigenvalue weighted by molar-refractivity contribution is 5.76. The molecule has 0 amide bonds. The van der Waals surface area contributed by atoms with Crippen molar-refractivity contribution in [3.05, 3.63) is 29.3 Å². The van der Waals surface area contributed by atoms with Gasteiger partial charge in [0.2, 0.25) is 0 Å². The molecule has 1 heterocycles. The Morgan fingerprint density at radius 2 is 2.11 bits per heavy atom. The number of ether oxygens (including phenoxy) is 1. The number of anilines is 1. The fourth-order valence-electron chi connectivity index (χ4n) is 2.59. The minimum Gasteiger partial charge on any atom is -0.381 e. The van der Waals surface area contributed by atoms with Crippen LogP contribution in [0.15, 0.2) is 18.2 Å². The van der Waals surface area contributed by atoms with Crippen LogP contribution in [0, 0.1) is 12.8 Å². The minimum atomic E-state index is 0.717. The zero-order valence-corrected chi connectivity index (χ0v) is 11.2. The van der Waals surface area contributed by atoms with Crippen molar-refractivity contribution in [3.8, 4) is 0 Å². The van der Waals surface area contributed by atoms with Crippen molar-refractivity contribution in [2.24, 2.45) is 5.92 Å². The number of rotatable bonds is 4. The molecule has 1 saturated heterocycles. The molecule has 1 aliphatic heterocycles. The van der Waals surface area contributed by atoms with Crippen LogP contribution in [-0.2, 0) is 4.74 Å². The van der Waals surface area contributed by atoms with E-state index in [0.717, 1.165) is 50.0 Å². The lowest BCUT2D eigenvalue weighted by Gasteiger charge is -2.29. The number of carbonyl (C=O) groups excluding carboxylic acids is 1. The summed E-state index contributed by atoms with van der Waals surface area (Å²) < 4.78 is 5.38. The van der Waals surface area contributed by atoms with E-state index in [1.54, 1.807) is 0 Å². The first kappa shape index (κ1) is 13.1. The smallest absolute Gasteiger partial charge is 0.150 e. The van der Waals surface area contributed by atoms with E-state index in [2.05, 4.69) is 18.9 Å². The fourth-order valence-corrected chi connectivity index (χ4v) is 2.59. The highest BCUT2D eigenvalue weighted by Crippen LogP contribution is 2.23. The average Bonchev–Trinajstić information content (AvgIpc) is 2.39. The Labute approximate surface area is 109 Å². The molecule has 1 aliphatic rings. The Bertz CT molecular complexity index is 411. The van der Waals surface area contributed by atoms with Crippen LogP contribution < -0.4 is 4.90 Å². The number of hydrogen-bond donors (Lipinski definition) is 0. The van der Waals surface area contributed by atoms with E-state index < -0.39 is 0 Å². The van der Waals surface area contributed by atoms with Crippen LogP contribution in [0.25, 0.3) is 0 Å². The van der Waals surface area contributed by atoms with Gasteiger partial charge in [-0.3, -0.25) is 4.79 Å². The summed E-state index contributed by atoms with van der Waals surface area (Å²) in [6.07, 6.45) is 3.20. The molecule has 0 unspecified atom stereocenters. The zero-order chi connectivity index (χ0) is 13.0. The van der Waals surface area contributed by atoms with Crippen molar-refractivity contribution >= 4 is 12.0 Å². The number of carbonyl (C=O) groups is 1. The third-order valence-corrected chi connectivity index (χ3v) is 3.64. The van der Waals surface area contributed by atoms with E-state index in [0.29, 0.717) is 5.92 Å². The number of aryl methyl sites for hydroxylation is 1. The van der Waals surface area contributed by atoms with Gasteiger partial charge in [-0.25, -0.2) is 0 Å². The van der Waals surface area contributed by atoms with Gasteiger partial charge >= 0.3 is 0 Å². The standard InChI is InChI=1S/C15H21NO2/c1-12-9-14(11-17)3-4-15(12)16(2)10-13-5-7-18-8-6-13/h3-4,9,11,13H,5-8,10H2,1-2H3. The van der Waals surface area contributed by atoms with Gasteiger partial charge in [-0.1, -0.05) is 0 Å². The maximum atomic E-state index is 10.7. The summed E-state index contributed by atoms with van der Waals surface area (Å²) >= 11 is 0. The van der Waals surface area contributed by atoms with Crippen LogP contribution in [-0.4, -0.2) is 33.1 Å². The molecule has 0 bridgehead atoms. The van der Waals surface area contributed by atoms with Crippen molar-refractivity contribution in [1.82, 2.24) is 0 Å². The maximum absolute atomic E-state index is 10.7. The van der Waals surface area contributed by atoms with Crippen molar-refractivity contribution in [1.29, 1.82) is 0 Å². The van der Waals surface area contributed by atoms with Crippen LogP contribution in [0.4, 0.5) is 5.69 Å². The molecule has 1 aromatic carbocycles. The van der Waals surface area contributed by atoms with Crippen molar-refractivity contribution in [2.45, 2.75) is 19.8 Å². The van der Waals surface area contributed by atoms with E-state index in [-0.39, 0.29) is 0 Å². The Morgan fingerprint density at radius 3 is 2.72 bits per heavy atom. The second kappa shape index (κ2) is 6.01. The molecule has 3 nitrogen and oxygen atoms in total. The predicted octanol–water partition coefficient (Wildman–Crippen LogP) is 2.67. The van der Waals surface area contributed by atoms with Crippen LogP contribution in [0.3, 0.4) is 0 Å². The average molecular weight is 247 g/mol. The van der Waals surface area contributed by atoms with Gasteiger partial charge in [-0.2, -0.15) is 0 Å². The fraction of sp³-hybridized carbons (Fsp3) is 0.533. The number of aldehydes is 1. The molecule has 2 rings (SSSR count). The van der Waals surface area contributed by atoms with Crippen LogP contribution in [0.1, 0.15) is 28.8 Å². The number of benzene rings is 1. The molecule has 1 aromatic rings. The summed E-state index contributed by atoms with van der Waals surface area (Å²) in [6, 6.07) is 5.87. The third-order valence-electron chi connectivity index (χ3n) is 3.64. The Hall–Kier alpha value is -1.35. The van der Waals surface area contributed by atoms with Gasteiger partial charge < -0.3 is 9.64 Å². The monoisotopic (exact) mass is 247 g/mol. The van der Waals surface area contributed by atoms with Crippen LogP contribution >= 0.6 is 0 Å². The second-order valence-corrected chi connectivity index (χ2v) is 5.10. The Morgan fingerprint density at radius 1 is 1.39 bits per heavy atom. The SMILES string of the molecule is Cc1cc(C=O)ccc1N(C)CC1CCOCC1. The molecule has 0 radical (unpaired) electrons. The lowest BCUT2D eigenvalue weighted by Crippen LogP contribution is -2.29. The van der Waals surface area contributed by atoms with Crippen molar-refractivity contribution < 1.29 is 9.53 Å². The maximum Gasteiger partial charge on any atom is 0.150 e. The highest BCUT2D eigenvalue weighted by atomic mass is 16.5. The first-order chi connectivity index (χ1) is 8.70. The third kappa shape index (κ3) is 3.10. The van der Waals surface area contributed by atoms with Crippen molar-refractivity contribution in [3.63, 3.8) is 0 Å². The zero-order valence-electron chi connectivity index (χ0n) is 11.2. The molecule has 0 spiro atoms. The van der Waals surface area contributed by atoms with E-state index in [9.17, 15) is 4.79 Å². The van der Waals surface area contributed by atoms with Gasteiger partial charge in [0.1, 0.15) is 6.29 Å². The molecule has 0 saturated carbocycles. The molecule has 0 aliphatic carbocycles. The number of hydrogen-bond acceptors (Lipinski definition) is 3. The van der Waals surface area contributed by atoms with E-state index >= 15 is 0 Å². The van der Waals surface area contributed by atoms with Crippen molar-refractivity contribution in [2.75, 3.05) is 31.7 Å². The van der Waals surface area contributed by atoms with Gasteiger partial charge in [0.05, 0.1) is 0 Å². The van der Waals surface area contributed by atoms with E-state index in [4.69, 9.17) is 4.74 Å².